The van der Waals surface area contributed by atoms with E-state index in [0.29, 0.717) is 11.0 Å². The second-order valence-corrected chi connectivity index (χ2v) is 10.7. The van der Waals surface area contributed by atoms with Crippen molar-refractivity contribution >= 4 is 33.1 Å². The number of fused-ring (bicyclic) bond motifs is 6. The maximum Gasteiger partial charge on any atom is 0.344 e. The van der Waals surface area contributed by atoms with Crippen LogP contribution in [0.3, 0.4) is 0 Å². The number of hydrogen-bond donors (Lipinski definition) is 0. The summed E-state index contributed by atoms with van der Waals surface area (Å²) in [6, 6.07) is 31.6. The molecule has 0 radical (unpaired) electrons. The molecule has 0 saturated carbocycles. The van der Waals surface area contributed by atoms with Crippen LogP contribution in [-0.4, -0.2) is 0 Å². The van der Waals surface area contributed by atoms with Crippen molar-refractivity contribution in [2.45, 2.75) is 19.3 Å². The van der Waals surface area contributed by atoms with Gasteiger partial charge in [0.05, 0.1) is 5.39 Å². The van der Waals surface area contributed by atoms with Crippen LogP contribution in [-0.2, 0) is 5.41 Å². The Hall–Kier alpha value is -3.95. The number of benzene rings is 4. The summed E-state index contributed by atoms with van der Waals surface area (Å²) in [5.74, 6) is 0. The SMILES string of the molecule is CC1(C)c2ccccc2-c2c(-c3ccc4c(c3)c(=O)oc3cc(-c5cccs5)ccc34)cccc21. The lowest BCUT2D eigenvalue weighted by Crippen LogP contribution is -2.14. The van der Waals surface area contributed by atoms with E-state index in [0.717, 1.165) is 32.3 Å². The normalized spacial score (nSPS) is 13.8. The van der Waals surface area contributed by atoms with Crippen LogP contribution in [0.4, 0.5) is 0 Å². The molecule has 0 amide bonds. The van der Waals surface area contributed by atoms with E-state index in [1.807, 2.05) is 18.2 Å². The summed E-state index contributed by atoms with van der Waals surface area (Å²) in [6.45, 7) is 4.57. The Kier molecular flexibility index (Phi) is 4.24. The average molecular weight is 471 g/mol. The first-order chi connectivity index (χ1) is 17.0. The molecule has 0 spiro atoms. The van der Waals surface area contributed by atoms with E-state index in [1.165, 1.54) is 22.3 Å². The fraction of sp³-hybridized carbons (Fsp3) is 0.0938. The zero-order chi connectivity index (χ0) is 23.7. The van der Waals surface area contributed by atoms with Crippen molar-refractivity contribution in [2.75, 3.05) is 0 Å². The van der Waals surface area contributed by atoms with E-state index >= 15 is 0 Å². The smallest absolute Gasteiger partial charge is 0.344 e. The molecule has 2 aromatic heterocycles. The third-order valence-corrected chi connectivity index (χ3v) is 8.36. The van der Waals surface area contributed by atoms with E-state index < -0.39 is 0 Å². The molecule has 0 atom stereocenters. The highest BCUT2D eigenvalue weighted by molar-refractivity contribution is 7.13. The second-order valence-electron chi connectivity index (χ2n) is 9.74. The highest BCUT2D eigenvalue weighted by Gasteiger charge is 2.36. The molecule has 1 aliphatic carbocycles. The quantitative estimate of drug-likeness (QED) is 0.187. The molecular weight excluding hydrogens is 448 g/mol. The summed E-state index contributed by atoms with van der Waals surface area (Å²) in [5.41, 5.74) is 8.70. The number of rotatable bonds is 2. The van der Waals surface area contributed by atoms with Crippen LogP contribution in [0.25, 0.3) is 54.4 Å². The molecular formula is C32H22O2S. The van der Waals surface area contributed by atoms with Crippen molar-refractivity contribution in [1.82, 2.24) is 0 Å². The predicted molar refractivity (Wildman–Crippen MR) is 146 cm³/mol. The Balaban J connectivity index is 1.44. The Bertz CT molecular complexity index is 1840. The minimum absolute atomic E-state index is 0.0612. The van der Waals surface area contributed by atoms with E-state index in [9.17, 15) is 4.79 Å². The molecule has 0 aliphatic heterocycles. The summed E-state index contributed by atoms with van der Waals surface area (Å²) in [4.78, 5) is 14.3. The molecule has 4 aromatic carbocycles. The lowest BCUT2D eigenvalue weighted by Gasteiger charge is -2.21. The monoisotopic (exact) mass is 470 g/mol. The minimum atomic E-state index is -0.300. The fourth-order valence-corrected chi connectivity index (χ4v) is 6.41. The van der Waals surface area contributed by atoms with Gasteiger partial charge >= 0.3 is 5.63 Å². The molecule has 0 bridgehead atoms. The third-order valence-electron chi connectivity index (χ3n) is 7.44. The fourth-order valence-electron chi connectivity index (χ4n) is 5.69. The molecule has 0 fully saturated rings. The van der Waals surface area contributed by atoms with Gasteiger partial charge in [-0.15, -0.1) is 11.3 Å². The first-order valence-electron chi connectivity index (χ1n) is 11.8. The molecule has 2 heterocycles. The highest BCUT2D eigenvalue weighted by Crippen LogP contribution is 2.52. The Labute approximate surface area is 207 Å². The first-order valence-corrected chi connectivity index (χ1v) is 12.7. The van der Waals surface area contributed by atoms with Crippen LogP contribution in [0.1, 0.15) is 25.0 Å². The van der Waals surface area contributed by atoms with Crippen molar-refractivity contribution in [1.29, 1.82) is 0 Å². The molecule has 0 unspecified atom stereocenters. The van der Waals surface area contributed by atoms with Crippen molar-refractivity contribution in [3.63, 3.8) is 0 Å². The highest BCUT2D eigenvalue weighted by atomic mass is 32.1. The van der Waals surface area contributed by atoms with E-state index in [2.05, 4.69) is 92.0 Å². The Morgan fingerprint density at radius 1 is 0.686 bits per heavy atom. The van der Waals surface area contributed by atoms with E-state index in [1.54, 1.807) is 11.3 Å². The molecule has 0 N–H and O–H groups in total. The van der Waals surface area contributed by atoms with Gasteiger partial charge < -0.3 is 4.42 Å². The van der Waals surface area contributed by atoms with Gasteiger partial charge in [-0.1, -0.05) is 80.6 Å². The minimum Gasteiger partial charge on any atom is -0.422 e. The van der Waals surface area contributed by atoms with Crippen LogP contribution in [0.2, 0.25) is 0 Å². The van der Waals surface area contributed by atoms with Crippen LogP contribution < -0.4 is 5.63 Å². The van der Waals surface area contributed by atoms with Gasteiger partial charge in [-0.25, -0.2) is 4.79 Å². The van der Waals surface area contributed by atoms with Crippen molar-refractivity contribution in [2.24, 2.45) is 0 Å². The van der Waals surface area contributed by atoms with Gasteiger partial charge in [0.25, 0.3) is 0 Å². The van der Waals surface area contributed by atoms with Crippen molar-refractivity contribution in [3.8, 4) is 32.7 Å². The van der Waals surface area contributed by atoms with Crippen LogP contribution in [0.15, 0.2) is 106 Å². The summed E-state index contributed by atoms with van der Waals surface area (Å²) >= 11 is 1.68. The average Bonchev–Trinajstić information content (AvgIpc) is 3.50. The standard InChI is InChI=1S/C32H22O2S/c1-32(2)26-9-4-3-7-24(26)30-21(8-5-10-27(30)32)19-12-14-22-23-15-13-20(29-11-6-16-35-29)18-28(23)34-31(33)25(22)17-19/h3-18H,1-2H3. The lowest BCUT2D eigenvalue weighted by atomic mass is 9.82. The largest absolute Gasteiger partial charge is 0.422 e. The van der Waals surface area contributed by atoms with Gasteiger partial charge in [-0.05, 0) is 74.0 Å². The molecule has 2 nitrogen and oxygen atoms in total. The zero-order valence-corrected chi connectivity index (χ0v) is 20.3. The van der Waals surface area contributed by atoms with E-state index in [4.69, 9.17) is 4.42 Å². The lowest BCUT2D eigenvalue weighted by molar-refractivity contribution is 0.570. The van der Waals surface area contributed by atoms with Crippen molar-refractivity contribution < 1.29 is 4.42 Å². The Morgan fingerprint density at radius 3 is 2.31 bits per heavy atom. The maximum atomic E-state index is 13.1. The Morgan fingerprint density at radius 2 is 1.46 bits per heavy atom. The van der Waals surface area contributed by atoms with Crippen LogP contribution in [0.5, 0.6) is 0 Å². The predicted octanol–water partition coefficient (Wildman–Crippen LogP) is 8.65. The second kappa shape index (κ2) is 7.27. The van der Waals surface area contributed by atoms with Crippen LogP contribution >= 0.6 is 11.3 Å². The van der Waals surface area contributed by atoms with Crippen LogP contribution in [0, 0.1) is 0 Å². The molecule has 168 valence electrons. The first kappa shape index (κ1) is 20.4. The van der Waals surface area contributed by atoms with Gasteiger partial charge in [-0.2, -0.15) is 0 Å². The van der Waals surface area contributed by atoms with Crippen molar-refractivity contribution in [3.05, 3.63) is 118 Å². The summed E-state index contributed by atoms with van der Waals surface area (Å²) in [6.07, 6.45) is 0. The summed E-state index contributed by atoms with van der Waals surface area (Å²) < 4.78 is 5.84. The molecule has 6 aromatic rings. The summed E-state index contributed by atoms with van der Waals surface area (Å²) in [7, 11) is 0. The number of hydrogen-bond acceptors (Lipinski definition) is 3. The summed E-state index contributed by atoms with van der Waals surface area (Å²) in [5, 5.41) is 4.54. The topological polar surface area (TPSA) is 30.2 Å². The zero-order valence-electron chi connectivity index (χ0n) is 19.5. The van der Waals surface area contributed by atoms with E-state index in [-0.39, 0.29) is 11.0 Å². The van der Waals surface area contributed by atoms with Gasteiger partial charge in [0.2, 0.25) is 0 Å². The van der Waals surface area contributed by atoms with Gasteiger partial charge in [0.1, 0.15) is 5.58 Å². The molecule has 0 saturated heterocycles. The van der Waals surface area contributed by atoms with Gasteiger partial charge in [-0.3, -0.25) is 0 Å². The molecule has 3 heteroatoms. The molecule has 1 aliphatic rings. The molecule has 7 rings (SSSR count). The third kappa shape index (κ3) is 2.92. The number of thiophene rings is 1. The maximum absolute atomic E-state index is 13.1. The molecule has 35 heavy (non-hydrogen) atoms. The van der Waals surface area contributed by atoms with Gasteiger partial charge in [0.15, 0.2) is 0 Å². The van der Waals surface area contributed by atoms with Gasteiger partial charge in [0, 0.05) is 15.7 Å².